The molecule has 2 unspecified atom stereocenters. The summed E-state index contributed by atoms with van der Waals surface area (Å²) in [5.74, 6) is 0.743. The third kappa shape index (κ3) is 3.85. The lowest BCUT2D eigenvalue weighted by molar-refractivity contribution is -0.107. The van der Waals surface area contributed by atoms with Crippen LogP contribution in [0.3, 0.4) is 0 Å². The van der Waals surface area contributed by atoms with Crippen molar-refractivity contribution < 1.29 is 9.53 Å². The van der Waals surface area contributed by atoms with Crippen LogP contribution in [0.5, 0.6) is 0 Å². The highest BCUT2D eigenvalue weighted by molar-refractivity contribution is 6.31. The first kappa shape index (κ1) is 22.8. The number of aromatic nitrogens is 2. The first-order valence-electron chi connectivity index (χ1n) is 11.7. The molecule has 0 saturated carbocycles. The molecule has 1 aromatic heterocycles. The Bertz CT molecular complexity index is 1200. The van der Waals surface area contributed by atoms with Crippen molar-refractivity contribution in [2.45, 2.75) is 45.3 Å². The van der Waals surface area contributed by atoms with Crippen LogP contribution in [-0.4, -0.2) is 42.5 Å². The standard InChI is InChI=1S/C27H29ClN4O2/c1-17-13-23-24(20-5-4-6-21(28)8-7-20)22(9-12-33)18(2)25-26(23)31(17)10-11-32(25)27-29-14-19(15-30-27)16-34-3/h4-8,12,14-15,17,20H,9-11,13,16H2,1-3H3. The zero-order valence-electron chi connectivity index (χ0n) is 19.8. The topological polar surface area (TPSA) is 58.6 Å². The summed E-state index contributed by atoms with van der Waals surface area (Å²) in [7, 11) is 1.67. The van der Waals surface area contributed by atoms with Gasteiger partial charge in [-0.25, -0.2) is 9.97 Å². The molecule has 3 aliphatic rings. The van der Waals surface area contributed by atoms with Crippen molar-refractivity contribution >= 4 is 35.2 Å². The van der Waals surface area contributed by atoms with Crippen molar-refractivity contribution in [3.8, 4) is 0 Å². The lowest BCUT2D eigenvalue weighted by atomic mass is 9.83. The summed E-state index contributed by atoms with van der Waals surface area (Å²) in [5, 5.41) is 0.706. The zero-order valence-corrected chi connectivity index (χ0v) is 20.5. The van der Waals surface area contributed by atoms with Gasteiger partial charge in [0.15, 0.2) is 0 Å². The number of halogens is 1. The van der Waals surface area contributed by atoms with E-state index in [1.165, 1.54) is 16.8 Å². The lowest BCUT2D eigenvalue weighted by Crippen LogP contribution is -2.42. The van der Waals surface area contributed by atoms with E-state index in [9.17, 15) is 4.79 Å². The Hall–Kier alpha value is -2.96. The van der Waals surface area contributed by atoms with Gasteiger partial charge in [0, 0.05) is 61.6 Å². The third-order valence-electron chi connectivity index (χ3n) is 7.02. The van der Waals surface area contributed by atoms with Crippen LogP contribution in [-0.2, 0) is 29.0 Å². The summed E-state index contributed by atoms with van der Waals surface area (Å²) in [6.07, 6.45) is 16.2. The molecule has 176 valence electrons. The summed E-state index contributed by atoms with van der Waals surface area (Å²) in [6.45, 7) is 6.60. The maximum absolute atomic E-state index is 11.8. The number of carbonyl (C=O) groups excluding carboxylic acids is 1. The molecule has 0 N–H and O–H groups in total. The number of nitrogens with zero attached hydrogens (tertiary/aromatic N) is 4. The predicted octanol–water partition coefficient (Wildman–Crippen LogP) is 4.91. The quantitative estimate of drug-likeness (QED) is 0.552. The van der Waals surface area contributed by atoms with Gasteiger partial charge in [-0.2, -0.15) is 0 Å². The Morgan fingerprint density at radius 3 is 2.74 bits per heavy atom. The smallest absolute Gasteiger partial charge is 0.229 e. The highest BCUT2D eigenvalue weighted by atomic mass is 35.5. The minimum absolute atomic E-state index is 0.0635. The van der Waals surface area contributed by atoms with Gasteiger partial charge in [0.2, 0.25) is 5.95 Å². The van der Waals surface area contributed by atoms with Crippen LogP contribution in [0.2, 0.25) is 0 Å². The van der Waals surface area contributed by atoms with Crippen LogP contribution >= 0.6 is 11.6 Å². The van der Waals surface area contributed by atoms with Gasteiger partial charge in [-0.3, -0.25) is 0 Å². The molecule has 0 spiro atoms. The summed E-state index contributed by atoms with van der Waals surface area (Å²) in [6, 6.07) is 0.394. The van der Waals surface area contributed by atoms with Crippen LogP contribution in [0.15, 0.2) is 47.8 Å². The van der Waals surface area contributed by atoms with E-state index in [2.05, 4.69) is 45.8 Å². The van der Waals surface area contributed by atoms with E-state index < -0.39 is 0 Å². The van der Waals surface area contributed by atoms with E-state index in [1.807, 2.05) is 30.6 Å². The molecular weight excluding hydrogens is 448 g/mol. The average Bonchev–Trinajstić information content (AvgIpc) is 3.01. The van der Waals surface area contributed by atoms with E-state index in [1.54, 1.807) is 7.11 Å². The largest absolute Gasteiger partial charge is 0.380 e. The minimum atomic E-state index is 0.0635. The molecule has 0 fully saturated rings. The molecule has 0 radical (unpaired) electrons. The summed E-state index contributed by atoms with van der Waals surface area (Å²) < 4.78 is 5.21. The van der Waals surface area contributed by atoms with Crippen molar-refractivity contribution in [1.82, 2.24) is 9.97 Å². The number of hydrogen-bond acceptors (Lipinski definition) is 6. The molecule has 7 heteroatoms. The number of anilines is 3. The maximum Gasteiger partial charge on any atom is 0.229 e. The monoisotopic (exact) mass is 476 g/mol. The fourth-order valence-corrected chi connectivity index (χ4v) is 5.70. The number of allylic oxidation sites excluding steroid dienone is 6. The average molecular weight is 477 g/mol. The number of ether oxygens (including phenoxy) is 1. The Labute approximate surface area is 205 Å². The Morgan fingerprint density at radius 1 is 1.21 bits per heavy atom. The Morgan fingerprint density at radius 2 is 2.00 bits per heavy atom. The number of rotatable bonds is 6. The molecule has 34 heavy (non-hydrogen) atoms. The van der Waals surface area contributed by atoms with Crippen molar-refractivity contribution in [3.05, 3.63) is 75.6 Å². The van der Waals surface area contributed by atoms with E-state index in [0.29, 0.717) is 30.1 Å². The molecule has 5 rings (SSSR count). The highest BCUT2D eigenvalue weighted by Crippen LogP contribution is 2.51. The summed E-state index contributed by atoms with van der Waals surface area (Å²) >= 11 is 6.27. The fourth-order valence-electron chi connectivity index (χ4n) is 5.55. The van der Waals surface area contributed by atoms with Gasteiger partial charge in [-0.05, 0) is 54.7 Å². The van der Waals surface area contributed by atoms with Gasteiger partial charge in [0.1, 0.15) is 6.29 Å². The number of carbonyl (C=O) groups is 1. The highest BCUT2D eigenvalue weighted by Gasteiger charge is 2.39. The van der Waals surface area contributed by atoms with Crippen LogP contribution in [0.25, 0.3) is 0 Å². The molecule has 0 saturated heterocycles. The summed E-state index contributed by atoms with van der Waals surface area (Å²) in [5.41, 5.74) is 8.11. The number of hydrogen-bond donors (Lipinski definition) is 0. The third-order valence-corrected chi connectivity index (χ3v) is 7.28. The normalized spacial score (nSPS) is 20.9. The van der Waals surface area contributed by atoms with E-state index in [0.717, 1.165) is 48.2 Å². The zero-order chi connectivity index (χ0) is 23.8. The second kappa shape index (κ2) is 9.35. The van der Waals surface area contributed by atoms with Gasteiger partial charge in [0.25, 0.3) is 0 Å². The van der Waals surface area contributed by atoms with E-state index in [-0.39, 0.29) is 5.92 Å². The molecule has 2 aliphatic heterocycles. The first-order chi connectivity index (χ1) is 16.5. The molecule has 0 amide bonds. The van der Waals surface area contributed by atoms with Gasteiger partial charge in [-0.15, -0.1) is 0 Å². The molecule has 0 bridgehead atoms. The van der Waals surface area contributed by atoms with Crippen molar-refractivity contribution in [2.75, 3.05) is 30.0 Å². The van der Waals surface area contributed by atoms with Crippen molar-refractivity contribution in [1.29, 1.82) is 0 Å². The molecule has 3 heterocycles. The second-order valence-electron chi connectivity index (χ2n) is 9.11. The molecule has 1 aliphatic carbocycles. The van der Waals surface area contributed by atoms with Crippen molar-refractivity contribution in [2.24, 2.45) is 0 Å². The number of methoxy groups -OCH3 is 1. The van der Waals surface area contributed by atoms with E-state index in [4.69, 9.17) is 16.3 Å². The fraction of sp³-hybridized carbons (Fsp3) is 0.370. The van der Waals surface area contributed by atoms with Crippen LogP contribution in [0.4, 0.5) is 17.3 Å². The Kier molecular flexibility index (Phi) is 6.28. The first-order valence-corrected chi connectivity index (χ1v) is 12.1. The maximum atomic E-state index is 11.8. The van der Waals surface area contributed by atoms with Gasteiger partial charge in [-0.1, -0.05) is 29.8 Å². The van der Waals surface area contributed by atoms with Crippen LogP contribution in [0.1, 0.15) is 40.7 Å². The molecule has 6 nitrogen and oxygen atoms in total. The number of benzene rings is 1. The van der Waals surface area contributed by atoms with Gasteiger partial charge >= 0.3 is 0 Å². The minimum Gasteiger partial charge on any atom is -0.380 e. The Balaban J connectivity index is 1.70. The summed E-state index contributed by atoms with van der Waals surface area (Å²) in [4.78, 5) is 25.9. The predicted molar refractivity (Wildman–Crippen MR) is 136 cm³/mol. The molecule has 1 aromatic carbocycles. The van der Waals surface area contributed by atoms with Crippen LogP contribution in [0, 0.1) is 6.92 Å². The SMILES string of the molecule is COCc1cnc(N2CCN3c4c(c(C5C=CC=C(Cl)C=C5)c(CC=O)c(C)c42)CC3C)nc1. The molecular formula is C27H29ClN4O2. The van der Waals surface area contributed by atoms with Gasteiger partial charge < -0.3 is 19.3 Å². The van der Waals surface area contributed by atoms with Crippen LogP contribution < -0.4 is 9.80 Å². The molecule has 2 atom stereocenters. The van der Waals surface area contributed by atoms with E-state index >= 15 is 0 Å². The van der Waals surface area contributed by atoms with Gasteiger partial charge in [0.05, 0.1) is 18.0 Å². The second-order valence-corrected chi connectivity index (χ2v) is 9.54. The number of aldehydes is 1. The van der Waals surface area contributed by atoms with Crippen molar-refractivity contribution in [3.63, 3.8) is 0 Å². The molecule has 2 aromatic rings. The lowest BCUT2D eigenvalue weighted by Gasteiger charge is -2.39.